The molecule has 0 radical (unpaired) electrons. The van der Waals surface area contributed by atoms with Gasteiger partial charge in [0.1, 0.15) is 37.6 Å². The molecule has 15 nitrogen and oxygen atoms in total. The molecular weight excluding hydrogens is 1000 g/mol. The highest BCUT2D eigenvalue weighted by Gasteiger charge is 2.80. The predicted molar refractivity (Wildman–Crippen MR) is 282 cm³/mol. The van der Waals surface area contributed by atoms with Gasteiger partial charge in [-0.1, -0.05) is 85.8 Å². The standard InChI is InChI=1S/C61H71F2N3O12/c1-57(2,3)77-53(72)23-22-48(66-52(71)31-64-56(74)75-33-43-41-12-8-6-10-39(41)40-11-7-9-13-42(40)43)54(73)65-37-20-16-35(17-21-37)26-34-14-18-36(19-15-34)55-76-51-29-44-45-28-47(62)46-27-38(68)24-25-58(46,4)60(45,63)49(69)30-59(44,5)61(51,78-55)50(70)32-67/h6-15,18-19,24-25,27,35,37,43-45,47-49,51,55,67,69H,16-17,20-23,26,28-33H2,1-5H3,(H,64,74)(H,65,73)(H,66,71)/t35?,37?,44-,45-,47-,48-,49-,51+,55+,58-,59-,60-,61+/m0/s1. The Bertz CT molecular complexity index is 2870. The zero-order valence-corrected chi connectivity index (χ0v) is 44.9. The number of ether oxygens (including phenoxy) is 4. The molecule has 1 aliphatic heterocycles. The molecule has 0 aromatic heterocycles. The van der Waals surface area contributed by atoms with Crippen molar-refractivity contribution in [1.29, 1.82) is 0 Å². The van der Waals surface area contributed by atoms with Crippen LogP contribution in [0, 0.1) is 28.6 Å². The van der Waals surface area contributed by atoms with Crippen LogP contribution in [0.5, 0.6) is 0 Å². The SMILES string of the molecule is CC(C)(C)OC(=O)CC[C@H](NC(=O)CNC(=O)OCC1c2ccccc2-c2ccccc21)C(=O)NC1CCC(Cc2ccc([C@@H]3O[C@@H]4C[C@H]5[C@@H]6C[C@H](F)C7=CC(=O)C=C[C@]7(C)[C@@]6(F)[C@@H](O)C[C@]5(C)[C@]4(C(=O)CO)O3)cc2)CC1. The molecule has 10 rings (SSSR count). The second-order valence-corrected chi connectivity index (χ2v) is 24.1. The fourth-order valence-corrected chi connectivity index (χ4v) is 14.6. The van der Waals surface area contributed by atoms with Crippen LogP contribution >= 0.6 is 0 Å². The maximum atomic E-state index is 17.8. The summed E-state index contributed by atoms with van der Waals surface area (Å²) >= 11 is 0. The van der Waals surface area contributed by atoms with Crippen LogP contribution < -0.4 is 16.0 Å². The van der Waals surface area contributed by atoms with Crippen LogP contribution in [0.1, 0.15) is 127 Å². The summed E-state index contributed by atoms with van der Waals surface area (Å²) < 4.78 is 58.2. The molecule has 3 amide bonds. The number of ketones is 2. The molecule has 1 saturated heterocycles. The van der Waals surface area contributed by atoms with Gasteiger partial charge in [-0.2, -0.15) is 0 Å². The highest BCUT2D eigenvalue weighted by molar-refractivity contribution is 6.01. The minimum Gasteiger partial charge on any atom is -0.460 e. The van der Waals surface area contributed by atoms with Gasteiger partial charge in [-0.25, -0.2) is 13.6 Å². The Morgan fingerprint density at radius 1 is 0.897 bits per heavy atom. The number of alkyl halides is 2. The lowest BCUT2D eigenvalue weighted by Crippen LogP contribution is -2.70. The van der Waals surface area contributed by atoms with Crippen molar-refractivity contribution in [3.05, 3.63) is 119 Å². The van der Waals surface area contributed by atoms with Crippen LogP contribution in [-0.4, -0.2) is 113 Å². The number of alkyl carbamates (subject to hydrolysis) is 1. The van der Waals surface area contributed by atoms with Crippen molar-refractivity contribution in [1.82, 2.24) is 16.0 Å². The molecule has 0 spiro atoms. The minimum absolute atomic E-state index is 0.00723. The van der Waals surface area contributed by atoms with Crippen LogP contribution in [0.2, 0.25) is 0 Å². The third kappa shape index (κ3) is 9.80. The van der Waals surface area contributed by atoms with E-state index in [4.69, 9.17) is 18.9 Å². The third-order valence-corrected chi connectivity index (χ3v) is 18.3. The van der Waals surface area contributed by atoms with Gasteiger partial charge < -0.3 is 45.1 Å². The van der Waals surface area contributed by atoms with E-state index in [9.17, 15) is 39.0 Å². The number of aliphatic hydroxyl groups is 2. The van der Waals surface area contributed by atoms with Gasteiger partial charge in [0, 0.05) is 40.7 Å². The summed E-state index contributed by atoms with van der Waals surface area (Å²) in [6, 6.07) is 22.3. The number of esters is 1. The Labute approximate surface area is 453 Å². The number of carbonyl (C=O) groups excluding carboxylic acids is 6. The zero-order chi connectivity index (χ0) is 55.5. The Balaban J connectivity index is 0.724. The quantitative estimate of drug-likeness (QED) is 0.0927. The van der Waals surface area contributed by atoms with Gasteiger partial charge in [-0.15, -0.1) is 0 Å². The van der Waals surface area contributed by atoms with E-state index in [0.29, 0.717) is 24.3 Å². The van der Waals surface area contributed by atoms with Crippen LogP contribution in [0.15, 0.2) is 96.6 Å². The summed E-state index contributed by atoms with van der Waals surface area (Å²) in [7, 11) is 0. The summed E-state index contributed by atoms with van der Waals surface area (Å²) in [4.78, 5) is 79.0. The molecule has 17 heteroatoms. The van der Waals surface area contributed by atoms with E-state index in [1.807, 2.05) is 72.8 Å². The normalized spacial score (nSPS) is 32.9. The van der Waals surface area contributed by atoms with Gasteiger partial charge in [0.2, 0.25) is 11.8 Å². The third-order valence-electron chi connectivity index (χ3n) is 18.3. The number of fused-ring (bicyclic) bond motifs is 10. The van der Waals surface area contributed by atoms with E-state index in [2.05, 4.69) is 16.0 Å². The molecule has 6 aliphatic carbocycles. The summed E-state index contributed by atoms with van der Waals surface area (Å²) in [6.07, 6.45) is 0.892. The van der Waals surface area contributed by atoms with Gasteiger partial charge in [0.25, 0.3) is 0 Å². The Kier molecular flexibility index (Phi) is 15.0. The first-order valence-electron chi connectivity index (χ1n) is 27.5. The largest absolute Gasteiger partial charge is 0.460 e. The van der Waals surface area contributed by atoms with Crippen molar-refractivity contribution in [2.45, 2.75) is 158 Å². The molecule has 5 N–H and O–H groups in total. The van der Waals surface area contributed by atoms with Crippen LogP contribution in [0.25, 0.3) is 11.1 Å². The average Bonchev–Trinajstić information content (AvgIpc) is 3.97. The first kappa shape index (κ1) is 55.2. The fourth-order valence-electron chi connectivity index (χ4n) is 14.6. The molecule has 78 heavy (non-hydrogen) atoms. The number of hydrogen-bond acceptors (Lipinski definition) is 12. The lowest BCUT2D eigenvalue weighted by atomic mass is 9.44. The highest BCUT2D eigenvalue weighted by atomic mass is 19.1. The number of allylic oxidation sites excluding steroid dienone is 4. The summed E-state index contributed by atoms with van der Waals surface area (Å²) in [5.74, 6) is -4.26. The number of Topliss-reactive ketones (excluding diaryl/α,β-unsaturated/α-hetero) is 1. The Morgan fingerprint density at radius 3 is 2.22 bits per heavy atom. The van der Waals surface area contributed by atoms with Crippen molar-refractivity contribution in [3.63, 3.8) is 0 Å². The smallest absolute Gasteiger partial charge is 0.407 e. The van der Waals surface area contributed by atoms with E-state index in [1.54, 1.807) is 27.7 Å². The van der Waals surface area contributed by atoms with Crippen molar-refractivity contribution in [2.24, 2.45) is 28.6 Å². The van der Waals surface area contributed by atoms with E-state index >= 15 is 8.78 Å². The number of halogens is 2. The highest BCUT2D eigenvalue weighted by Crippen LogP contribution is 2.72. The van der Waals surface area contributed by atoms with Crippen molar-refractivity contribution in [2.75, 3.05) is 19.8 Å². The number of amides is 3. The minimum atomic E-state index is -2.35. The monoisotopic (exact) mass is 1080 g/mol. The van der Waals surface area contributed by atoms with E-state index in [1.165, 1.54) is 19.1 Å². The van der Waals surface area contributed by atoms with Crippen molar-refractivity contribution < 1.29 is 66.7 Å². The molecule has 3 aromatic rings. The van der Waals surface area contributed by atoms with Gasteiger partial charge in [0.05, 0.1) is 12.2 Å². The molecule has 416 valence electrons. The van der Waals surface area contributed by atoms with E-state index in [-0.39, 0.29) is 56.2 Å². The average molecular weight is 1080 g/mol. The first-order chi connectivity index (χ1) is 37.1. The van der Waals surface area contributed by atoms with Gasteiger partial charge in [-0.05, 0) is 143 Å². The second kappa shape index (κ2) is 21.2. The molecule has 4 saturated carbocycles. The van der Waals surface area contributed by atoms with Crippen LogP contribution in [0.4, 0.5) is 13.6 Å². The van der Waals surface area contributed by atoms with E-state index < -0.39 is 119 Å². The van der Waals surface area contributed by atoms with E-state index in [0.717, 1.165) is 53.2 Å². The Morgan fingerprint density at radius 2 is 1.56 bits per heavy atom. The van der Waals surface area contributed by atoms with Crippen LogP contribution in [0.3, 0.4) is 0 Å². The summed E-state index contributed by atoms with van der Waals surface area (Å²) in [6.45, 7) is 7.25. The molecule has 7 aliphatic rings. The number of benzene rings is 3. The number of rotatable bonds is 15. The van der Waals surface area contributed by atoms with Gasteiger partial charge in [-0.3, -0.25) is 24.0 Å². The second-order valence-electron chi connectivity index (χ2n) is 24.1. The lowest BCUT2D eigenvalue weighted by Gasteiger charge is -2.63. The molecule has 5 fully saturated rings. The van der Waals surface area contributed by atoms with Crippen molar-refractivity contribution in [3.8, 4) is 11.1 Å². The molecule has 0 unspecified atom stereocenters. The van der Waals surface area contributed by atoms with Gasteiger partial charge >= 0.3 is 12.1 Å². The molecule has 3 aromatic carbocycles. The summed E-state index contributed by atoms with van der Waals surface area (Å²) in [5.41, 5.74) is -1.72. The molecule has 0 bridgehead atoms. The first-order valence-corrected chi connectivity index (χ1v) is 27.5. The fraction of sp³-hybridized carbons (Fsp3) is 0.541. The molecular formula is C61H71F2N3O12. The zero-order valence-electron chi connectivity index (χ0n) is 44.9. The number of carbonyl (C=O) groups is 6. The topological polar surface area (TPSA) is 216 Å². The number of aliphatic hydroxyl groups excluding tert-OH is 2. The number of hydrogen-bond donors (Lipinski definition) is 5. The maximum absolute atomic E-state index is 17.8. The van der Waals surface area contributed by atoms with Gasteiger partial charge in [0.15, 0.2) is 29.1 Å². The Hall–Kier alpha value is -6.14. The lowest BCUT2D eigenvalue weighted by molar-refractivity contribution is -0.235. The predicted octanol–water partition coefficient (Wildman–Crippen LogP) is 7.69. The summed E-state index contributed by atoms with van der Waals surface area (Å²) in [5, 5.41) is 30.6. The number of nitrogens with one attached hydrogen (secondary N) is 3. The maximum Gasteiger partial charge on any atom is 0.407 e. The molecule has 1 heterocycles. The van der Waals surface area contributed by atoms with Crippen LogP contribution in [-0.2, 0) is 49.3 Å². The van der Waals surface area contributed by atoms with Crippen molar-refractivity contribution >= 4 is 35.4 Å². The molecule has 11 atom stereocenters.